The normalized spacial score (nSPS) is 10.5. The third-order valence-electron chi connectivity index (χ3n) is 2.73. The van der Waals surface area contributed by atoms with Crippen molar-refractivity contribution in [3.63, 3.8) is 0 Å². The molecule has 2 nitrogen and oxygen atoms in total. The second-order valence-electron chi connectivity index (χ2n) is 3.85. The molecular formula is C13H13ClN2S. The number of nitrogens with zero attached hydrogens (tertiary/aromatic N) is 1. The summed E-state index contributed by atoms with van der Waals surface area (Å²) in [6.07, 6.45) is 0.915. The van der Waals surface area contributed by atoms with Crippen molar-refractivity contribution in [3.8, 4) is 11.4 Å². The van der Waals surface area contributed by atoms with Gasteiger partial charge in [-0.25, -0.2) is 4.98 Å². The summed E-state index contributed by atoms with van der Waals surface area (Å²) in [5.41, 5.74) is 3.19. The molecule has 0 radical (unpaired) electrons. The Bertz CT molecular complexity index is 587. The molecule has 1 heterocycles. The summed E-state index contributed by atoms with van der Waals surface area (Å²) in [5.74, 6) is 0.800. The molecule has 0 amide bonds. The number of aromatic amines is 1. The molecule has 0 spiro atoms. The van der Waals surface area contributed by atoms with Crippen LogP contribution in [0.2, 0.25) is 5.02 Å². The first kappa shape index (κ1) is 12.3. The minimum absolute atomic E-state index is 0.658. The Morgan fingerprint density at radius 2 is 1.94 bits per heavy atom. The largest absolute Gasteiger partial charge is 0.343 e. The van der Waals surface area contributed by atoms with Crippen LogP contribution in [0.15, 0.2) is 24.3 Å². The number of hydrogen-bond acceptors (Lipinski definition) is 2. The Labute approximate surface area is 111 Å². The van der Waals surface area contributed by atoms with Crippen molar-refractivity contribution in [3.05, 3.63) is 45.2 Å². The van der Waals surface area contributed by atoms with E-state index < -0.39 is 0 Å². The van der Waals surface area contributed by atoms with Gasteiger partial charge >= 0.3 is 0 Å². The zero-order valence-corrected chi connectivity index (χ0v) is 11.3. The van der Waals surface area contributed by atoms with Crippen LogP contribution in [0, 0.1) is 11.6 Å². The maximum Gasteiger partial charge on any atom is 0.139 e. The summed E-state index contributed by atoms with van der Waals surface area (Å²) in [6, 6.07) is 7.57. The number of H-pyrrole nitrogens is 1. The van der Waals surface area contributed by atoms with Gasteiger partial charge in [-0.2, -0.15) is 0 Å². The molecule has 0 saturated carbocycles. The zero-order chi connectivity index (χ0) is 12.4. The van der Waals surface area contributed by atoms with E-state index in [0.717, 1.165) is 34.1 Å². The molecule has 0 bridgehead atoms. The molecule has 1 aromatic carbocycles. The highest BCUT2D eigenvalue weighted by atomic mass is 35.5. The molecular weight excluding hydrogens is 252 g/mol. The average molecular weight is 265 g/mol. The molecule has 0 atom stereocenters. The molecule has 0 saturated heterocycles. The second kappa shape index (κ2) is 4.98. The fourth-order valence-corrected chi connectivity index (χ4v) is 2.02. The summed E-state index contributed by atoms with van der Waals surface area (Å²) in [6.45, 7) is 4.09. The van der Waals surface area contributed by atoms with Crippen LogP contribution in [0.1, 0.15) is 18.2 Å². The van der Waals surface area contributed by atoms with Gasteiger partial charge in [0.1, 0.15) is 10.5 Å². The van der Waals surface area contributed by atoms with Gasteiger partial charge in [-0.05, 0) is 37.6 Å². The Kier molecular flexibility index (Phi) is 3.60. The molecule has 1 aromatic heterocycles. The fraction of sp³-hybridized carbons (Fsp3) is 0.231. The standard InChI is InChI=1S/C13H13ClN2S/c1-3-11-8(2)13(17)16-12(15-11)9-4-6-10(14)7-5-9/h4-7H,3H2,1-2H3,(H,15,16,17). The smallest absolute Gasteiger partial charge is 0.139 e. The molecule has 0 aliphatic carbocycles. The fourth-order valence-electron chi connectivity index (χ4n) is 1.68. The average Bonchev–Trinajstić information content (AvgIpc) is 2.33. The van der Waals surface area contributed by atoms with Crippen LogP contribution in [0.5, 0.6) is 0 Å². The van der Waals surface area contributed by atoms with E-state index in [-0.39, 0.29) is 0 Å². The van der Waals surface area contributed by atoms with Crippen molar-refractivity contribution in [2.75, 3.05) is 0 Å². The van der Waals surface area contributed by atoms with E-state index in [0.29, 0.717) is 4.64 Å². The van der Waals surface area contributed by atoms with Crippen molar-refractivity contribution >= 4 is 23.8 Å². The number of halogens is 1. The highest BCUT2D eigenvalue weighted by molar-refractivity contribution is 7.71. The van der Waals surface area contributed by atoms with E-state index in [1.165, 1.54) is 0 Å². The van der Waals surface area contributed by atoms with Crippen molar-refractivity contribution in [2.45, 2.75) is 20.3 Å². The van der Waals surface area contributed by atoms with Crippen molar-refractivity contribution < 1.29 is 0 Å². The predicted molar refractivity (Wildman–Crippen MR) is 74.0 cm³/mol. The maximum atomic E-state index is 5.86. The number of aromatic nitrogens is 2. The first-order valence-corrected chi connectivity index (χ1v) is 6.26. The third kappa shape index (κ3) is 2.56. The minimum atomic E-state index is 0.658. The number of aryl methyl sites for hydroxylation is 1. The first-order valence-electron chi connectivity index (χ1n) is 5.47. The summed E-state index contributed by atoms with van der Waals surface area (Å²) >= 11 is 11.1. The van der Waals surface area contributed by atoms with E-state index in [2.05, 4.69) is 16.9 Å². The predicted octanol–water partition coefficient (Wildman–Crippen LogP) is 4.33. The Hall–Kier alpha value is -1.19. The highest BCUT2D eigenvalue weighted by Crippen LogP contribution is 2.19. The van der Waals surface area contributed by atoms with Gasteiger partial charge in [-0.1, -0.05) is 30.7 Å². The SMILES string of the molecule is CCc1[nH]c(-c2ccc(Cl)cc2)nc(=S)c1C. The van der Waals surface area contributed by atoms with Gasteiger partial charge in [0, 0.05) is 21.8 Å². The summed E-state index contributed by atoms with van der Waals surface area (Å²) in [5, 5.41) is 0.718. The molecule has 88 valence electrons. The second-order valence-corrected chi connectivity index (χ2v) is 4.68. The van der Waals surface area contributed by atoms with Crippen LogP contribution in [0.3, 0.4) is 0 Å². The maximum absolute atomic E-state index is 5.86. The molecule has 0 aliphatic heterocycles. The third-order valence-corrected chi connectivity index (χ3v) is 3.38. The summed E-state index contributed by atoms with van der Waals surface area (Å²) in [4.78, 5) is 7.72. The number of hydrogen-bond donors (Lipinski definition) is 1. The molecule has 1 N–H and O–H groups in total. The molecule has 0 aliphatic rings. The van der Waals surface area contributed by atoms with Gasteiger partial charge < -0.3 is 4.98 Å². The van der Waals surface area contributed by atoms with Gasteiger partial charge in [0.15, 0.2) is 0 Å². The van der Waals surface area contributed by atoms with Crippen molar-refractivity contribution in [1.29, 1.82) is 0 Å². The van der Waals surface area contributed by atoms with Crippen LogP contribution in [-0.4, -0.2) is 9.97 Å². The van der Waals surface area contributed by atoms with E-state index in [1.54, 1.807) is 0 Å². The van der Waals surface area contributed by atoms with Gasteiger partial charge in [-0.3, -0.25) is 0 Å². The molecule has 0 fully saturated rings. The summed E-state index contributed by atoms with van der Waals surface area (Å²) < 4.78 is 0.658. The van der Waals surface area contributed by atoms with Gasteiger partial charge in [0.2, 0.25) is 0 Å². The highest BCUT2D eigenvalue weighted by Gasteiger charge is 2.05. The van der Waals surface area contributed by atoms with Gasteiger partial charge in [0.25, 0.3) is 0 Å². The van der Waals surface area contributed by atoms with Crippen molar-refractivity contribution in [2.24, 2.45) is 0 Å². The van der Waals surface area contributed by atoms with Gasteiger partial charge in [-0.15, -0.1) is 0 Å². The minimum Gasteiger partial charge on any atom is -0.343 e. The van der Waals surface area contributed by atoms with Crippen LogP contribution in [0.4, 0.5) is 0 Å². The Morgan fingerprint density at radius 3 is 2.53 bits per heavy atom. The lowest BCUT2D eigenvalue weighted by Gasteiger charge is -2.07. The van der Waals surface area contributed by atoms with E-state index >= 15 is 0 Å². The topological polar surface area (TPSA) is 28.7 Å². The molecule has 17 heavy (non-hydrogen) atoms. The molecule has 2 rings (SSSR count). The molecule has 2 aromatic rings. The van der Waals surface area contributed by atoms with Crippen molar-refractivity contribution in [1.82, 2.24) is 9.97 Å². The monoisotopic (exact) mass is 264 g/mol. The lowest BCUT2D eigenvalue weighted by molar-refractivity contribution is 0.969. The van der Waals surface area contributed by atoms with E-state index in [4.69, 9.17) is 23.8 Å². The lowest BCUT2D eigenvalue weighted by Crippen LogP contribution is -1.99. The molecule has 4 heteroatoms. The van der Waals surface area contributed by atoms with Crippen LogP contribution >= 0.6 is 23.8 Å². The van der Waals surface area contributed by atoms with E-state index in [9.17, 15) is 0 Å². The lowest BCUT2D eigenvalue weighted by atomic mass is 10.1. The number of rotatable bonds is 2. The Balaban J connectivity index is 2.56. The quantitative estimate of drug-likeness (QED) is 0.818. The number of benzene rings is 1. The van der Waals surface area contributed by atoms with E-state index in [1.807, 2.05) is 31.2 Å². The first-order chi connectivity index (χ1) is 8.11. The number of nitrogens with one attached hydrogen (secondary N) is 1. The van der Waals surface area contributed by atoms with Crippen LogP contribution in [0.25, 0.3) is 11.4 Å². The zero-order valence-electron chi connectivity index (χ0n) is 9.75. The van der Waals surface area contributed by atoms with Crippen LogP contribution in [-0.2, 0) is 6.42 Å². The van der Waals surface area contributed by atoms with Gasteiger partial charge in [0.05, 0.1) is 0 Å². The van der Waals surface area contributed by atoms with Crippen LogP contribution < -0.4 is 0 Å². The molecule has 0 unspecified atom stereocenters. The Morgan fingerprint density at radius 1 is 1.29 bits per heavy atom. The summed E-state index contributed by atoms with van der Waals surface area (Å²) in [7, 11) is 0.